The number of carbonyl (C=O) groups is 1. The number of rotatable bonds is 3. The van der Waals surface area contributed by atoms with Gasteiger partial charge >= 0.3 is 6.09 Å². The van der Waals surface area contributed by atoms with Crippen LogP contribution in [0.25, 0.3) is 0 Å². The summed E-state index contributed by atoms with van der Waals surface area (Å²) in [6.07, 6.45) is 1.79. The van der Waals surface area contributed by atoms with Gasteiger partial charge in [0.15, 0.2) is 0 Å². The lowest BCUT2D eigenvalue weighted by Gasteiger charge is -2.33. The molecule has 0 atom stereocenters. The van der Waals surface area contributed by atoms with Crippen LogP contribution in [0, 0.1) is 0 Å². The molecule has 1 fully saturated rings. The Balaban J connectivity index is 2.26. The molecular weight excluding hydrogens is 194 g/mol. The van der Waals surface area contributed by atoms with Crippen LogP contribution in [0.4, 0.5) is 4.79 Å². The monoisotopic (exact) mass is 215 g/mol. The van der Waals surface area contributed by atoms with E-state index < -0.39 is 0 Å². The van der Waals surface area contributed by atoms with Crippen LogP contribution in [0.3, 0.4) is 0 Å². The fourth-order valence-electron chi connectivity index (χ4n) is 1.77. The van der Waals surface area contributed by atoms with Gasteiger partial charge in [0, 0.05) is 33.2 Å². The number of nitrogens with zero attached hydrogens (tertiary/aromatic N) is 2. The maximum Gasteiger partial charge on any atom is 0.409 e. The highest BCUT2D eigenvalue weighted by atomic mass is 16.6. The van der Waals surface area contributed by atoms with Gasteiger partial charge in [0.05, 0.1) is 6.61 Å². The summed E-state index contributed by atoms with van der Waals surface area (Å²) in [5, 5.41) is 1.96. The summed E-state index contributed by atoms with van der Waals surface area (Å²) in [7, 11) is 3.97. The van der Waals surface area contributed by atoms with E-state index in [0.29, 0.717) is 12.6 Å². The van der Waals surface area contributed by atoms with E-state index in [1.807, 2.05) is 26.0 Å². The second kappa shape index (κ2) is 5.92. The van der Waals surface area contributed by atoms with Gasteiger partial charge < -0.3 is 9.64 Å². The summed E-state index contributed by atoms with van der Waals surface area (Å²) in [4.78, 5) is 13.2. The van der Waals surface area contributed by atoms with Gasteiger partial charge in [0.25, 0.3) is 0 Å². The van der Waals surface area contributed by atoms with Gasteiger partial charge in [-0.3, -0.25) is 10.4 Å². The zero-order valence-corrected chi connectivity index (χ0v) is 9.82. The summed E-state index contributed by atoms with van der Waals surface area (Å²) >= 11 is 0. The number of likely N-dealkylation sites (tertiary alicyclic amines) is 1. The van der Waals surface area contributed by atoms with Gasteiger partial charge in [-0.1, -0.05) is 0 Å². The number of ether oxygens (including phenoxy) is 1. The summed E-state index contributed by atoms with van der Waals surface area (Å²) in [6.45, 7) is 3.85. The van der Waals surface area contributed by atoms with Crippen LogP contribution in [0.2, 0.25) is 0 Å². The summed E-state index contributed by atoms with van der Waals surface area (Å²) in [6, 6.07) is 0.477. The van der Waals surface area contributed by atoms with Gasteiger partial charge in [-0.05, 0) is 19.8 Å². The van der Waals surface area contributed by atoms with E-state index in [-0.39, 0.29) is 6.09 Å². The van der Waals surface area contributed by atoms with Crippen molar-refractivity contribution in [3.8, 4) is 0 Å². The number of piperidine rings is 1. The molecule has 0 unspecified atom stereocenters. The van der Waals surface area contributed by atoms with Crippen molar-refractivity contribution in [2.45, 2.75) is 25.8 Å². The first kappa shape index (κ1) is 12.3. The van der Waals surface area contributed by atoms with Crippen LogP contribution in [-0.4, -0.2) is 55.8 Å². The third-order valence-electron chi connectivity index (χ3n) is 2.46. The highest BCUT2D eigenvalue weighted by Crippen LogP contribution is 2.11. The standard InChI is InChI=1S/C10H21N3O2/c1-4-15-10(14)13-7-5-9(6-8-13)11-12(2)3/h9,11H,4-8H2,1-3H3. The Morgan fingerprint density at radius 1 is 1.47 bits per heavy atom. The molecule has 0 aromatic carbocycles. The van der Waals surface area contributed by atoms with Crippen molar-refractivity contribution in [1.82, 2.24) is 15.3 Å². The van der Waals surface area contributed by atoms with Gasteiger partial charge in [0.1, 0.15) is 0 Å². The van der Waals surface area contributed by atoms with Crippen LogP contribution < -0.4 is 5.43 Å². The lowest BCUT2D eigenvalue weighted by Crippen LogP contribution is -2.48. The zero-order chi connectivity index (χ0) is 11.3. The molecule has 0 aromatic heterocycles. The largest absolute Gasteiger partial charge is 0.450 e. The minimum atomic E-state index is -0.180. The number of amides is 1. The van der Waals surface area contributed by atoms with Gasteiger partial charge in [-0.15, -0.1) is 0 Å². The van der Waals surface area contributed by atoms with E-state index in [4.69, 9.17) is 4.74 Å². The second-order valence-corrected chi connectivity index (χ2v) is 3.98. The van der Waals surface area contributed by atoms with Crippen molar-refractivity contribution >= 4 is 6.09 Å². The van der Waals surface area contributed by atoms with E-state index in [2.05, 4.69) is 5.43 Å². The second-order valence-electron chi connectivity index (χ2n) is 3.98. The topological polar surface area (TPSA) is 44.8 Å². The van der Waals surface area contributed by atoms with E-state index in [9.17, 15) is 4.79 Å². The maximum atomic E-state index is 11.4. The first-order valence-corrected chi connectivity index (χ1v) is 5.48. The third kappa shape index (κ3) is 4.05. The van der Waals surface area contributed by atoms with Gasteiger partial charge in [0.2, 0.25) is 0 Å². The van der Waals surface area contributed by atoms with Crippen molar-refractivity contribution in [3.05, 3.63) is 0 Å². The lowest BCUT2D eigenvalue weighted by molar-refractivity contribution is 0.0880. The molecule has 0 saturated carbocycles. The summed E-state index contributed by atoms with van der Waals surface area (Å²) in [5.41, 5.74) is 3.33. The Morgan fingerprint density at radius 3 is 2.53 bits per heavy atom. The summed E-state index contributed by atoms with van der Waals surface area (Å²) < 4.78 is 4.95. The van der Waals surface area contributed by atoms with Crippen molar-refractivity contribution in [2.24, 2.45) is 0 Å². The number of hydrazine groups is 1. The van der Waals surface area contributed by atoms with Crippen LogP contribution >= 0.6 is 0 Å². The Bertz CT molecular complexity index is 201. The van der Waals surface area contributed by atoms with E-state index >= 15 is 0 Å². The third-order valence-corrected chi connectivity index (χ3v) is 2.46. The fourth-order valence-corrected chi connectivity index (χ4v) is 1.77. The fraction of sp³-hybridized carbons (Fsp3) is 0.900. The molecule has 0 aromatic rings. The molecule has 1 heterocycles. The average molecular weight is 215 g/mol. The highest BCUT2D eigenvalue weighted by molar-refractivity contribution is 5.67. The van der Waals surface area contributed by atoms with E-state index in [0.717, 1.165) is 25.9 Å². The summed E-state index contributed by atoms with van der Waals surface area (Å²) in [5.74, 6) is 0. The predicted molar refractivity (Wildman–Crippen MR) is 58.4 cm³/mol. The van der Waals surface area contributed by atoms with Crippen LogP contribution in [0.15, 0.2) is 0 Å². The maximum absolute atomic E-state index is 11.4. The smallest absolute Gasteiger partial charge is 0.409 e. The molecule has 0 spiro atoms. The molecule has 1 N–H and O–H groups in total. The van der Waals surface area contributed by atoms with Crippen molar-refractivity contribution in [1.29, 1.82) is 0 Å². The van der Waals surface area contributed by atoms with Crippen LogP contribution in [0.1, 0.15) is 19.8 Å². The number of nitrogens with one attached hydrogen (secondary N) is 1. The number of hydrogen-bond donors (Lipinski definition) is 1. The Labute approximate surface area is 91.3 Å². The first-order valence-electron chi connectivity index (χ1n) is 5.48. The van der Waals surface area contributed by atoms with Crippen molar-refractivity contribution < 1.29 is 9.53 Å². The number of hydrogen-bond acceptors (Lipinski definition) is 4. The molecule has 0 radical (unpaired) electrons. The predicted octanol–water partition coefficient (Wildman–Crippen LogP) is 0.673. The molecule has 0 aliphatic carbocycles. The molecule has 1 aliphatic heterocycles. The SMILES string of the molecule is CCOC(=O)N1CCC(NN(C)C)CC1. The van der Waals surface area contributed by atoms with E-state index in [1.54, 1.807) is 4.90 Å². The molecule has 1 rings (SSSR count). The average Bonchev–Trinajstić information content (AvgIpc) is 2.18. The molecule has 1 saturated heterocycles. The first-order chi connectivity index (χ1) is 7.13. The van der Waals surface area contributed by atoms with Gasteiger partial charge in [-0.2, -0.15) is 0 Å². The molecule has 1 amide bonds. The Morgan fingerprint density at radius 2 is 2.07 bits per heavy atom. The minimum absolute atomic E-state index is 0.180. The molecule has 0 bridgehead atoms. The quantitative estimate of drug-likeness (QED) is 0.703. The zero-order valence-electron chi connectivity index (χ0n) is 9.82. The Hall–Kier alpha value is -0.810. The lowest BCUT2D eigenvalue weighted by atomic mass is 10.1. The van der Waals surface area contributed by atoms with Gasteiger partial charge in [-0.25, -0.2) is 4.79 Å². The van der Waals surface area contributed by atoms with Crippen molar-refractivity contribution in [2.75, 3.05) is 33.8 Å². The highest BCUT2D eigenvalue weighted by Gasteiger charge is 2.23. The molecular formula is C10H21N3O2. The molecule has 88 valence electrons. The normalized spacial score (nSPS) is 18.3. The Kier molecular flexibility index (Phi) is 4.84. The molecule has 5 heteroatoms. The van der Waals surface area contributed by atoms with E-state index in [1.165, 1.54) is 0 Å². The minimum Gasteiger partial charge on any atom is -0.450 e. The molecule has 5 nitrogen and oxygen atoms in total. The van der Waals surface area contributed by atoms with Crippen LogP contribution in [-0.2, 0) is 4.74 Å². The van der Waals surface area contributed by atoms with Crippen LogP contribution in [0.5, 0.6) is 0 Å². The molecule has 1 aliphatic rings. The molecule has 15 heavy (non-hydrogen) atoms. The van der Waals surface area contributed by atoms with Crippen molar-refractivity contribution in [3.63, 3.8) is 0 Å². The number of carbonyl (C=O) groups excluding carboxylic acids is 1.